The van der Waals surface area contributed by atoms with Crippen LogP contribution >= 0.6 is 12.4 Å². The fourth-order valence-corrected chi connectivity index (χ4v) is 2.35. The van der Waals surface area contributed by atoms with Gasteiger partial charge in [-0.3, -0.25) is 9.88 Å². The van der Waals surface area contributed by atoms with Crippen molar-refractivity contribution in [3.63, 3.8) is 0 Å². The van der Waals surface area contributed by atoms with E-state index >= 15 is 0 Å². The molecule has 1 fully saturated rings. The summed E-state index contributed by atoms with van der Waals surface area (Å²) in [4.78, 5) is 6.84. The summed E-state index contributed by atoms with van der Waals surface area (Å²) in [6, 6.07) is 10.7. The van der Waals surface area contributed by atoms with Gasteiger partial charge >= 0.3 is 0 Å². The number of aromatic nitrogens is 1. The Morgan fingerprint density at radius 3 is 2.83 bits per heavy atom. The van der Waals surface area contributed by atoms with Crippen molar-refractivity contribution in [3.05, 3.63) is 42.1 Å². The number of nitrogens with zero attached hydrogens (tertiary/aromatic N) is 2. The van der Waals surface area contributed by atoms with Crippen molar-refractivity contribution in [2.75, 3.05) is 26.2 Å². The summed E-state index contributed by atoms with van der Waals surface area (Å²) < 4.78 is 0. The van der Waals surface area contributed by atoms with Crippen LogP contribution in [0.5, 0.6) is 0 Å². The first-order chi connectivity index (χ1) is 8.42. The van der Waals surface area contributed by atoms with E-state index < -0.39 is 0 Å². The molecule has 0 aliphatic carbocycles. The van der Waals surface area contributed by atoms with E-state index in [1.165, 1.54) is 10.9 Å². The Kier molecular flexibility index (Phi) is 4.53. The van der Waals surface area contributed by atoms with Crippen LogP contribution in [0.4, 0.5) is 0 Å². The molecule has 1 saturated heterocycles. The first kappa shape index (κ1) is 13.3. The number of nitrogens with one attached hydrogen (secondary N) is 1. The molecule has 4 heteroatoms. The van der Waals surface area contributed by atoms with Gasteiger partial charge in [0.05, 0.1) is 5.52 Å². The number of halogens is 1. The summed E-state index contributed by atoms with van der Waals surface area (Å²) in [5.74, 6) is 0. The molecule has 0 amide bonds. The van der Waals surface area contributed by atoms with E-state index in [1.807, 2.05) is 12.3 Å². The van der Waals surface area contributed by atoms with Crippen LogP contribution in [-0.4, -0.2) is 36.1 Å². The van der Waals surface area contributed by atoms with Gasteiger partial charge in [-0.05, 0) is 23.8 Å². The molecular weight excluding hydrogens is 246 g/mol. The van der Waals surface area contributed by atoms with Crippen molar-refractivity contribution in [1.82, 2.24) is 15.2 Å². The van der Waals surface area contributed by atoms with Gasteiger partial charge in [0.15, 0.2) is 0 Å². The zero-order valence-electron chi connectivity index (χ0n) is 10.3. The van der Waals surface area contributed by atoms with Crippen molar-refractivity contribution in [2.45, 2.75) is 6.54 Å². The average molecular weight is 264 g/mol. The quantitative estimate of drug-likeness (QED) is 0.899. The van der Waals surface area contributed by atoms with E-state index in [0.29, 0.717) is 0 Å². The number of fused-ring (bicyclic) bond motifs is 1. The average Bonchev–Trinajstić information content (AvgIpc) is 2.40. The zero-order chi connectivity index (χ0) is 11.5. The fraction of sp³-hybridized carbons (Fsp3) is 0.357. The molecule has 18 heavy (non-hydrogen) atoms. The molecule has 3 rings (SSSR count). The molecule has 0 unspecified atom stereocenters. The third-order valence-electron chi connectivity index (χ3n) is 3.28. The van der Waals surface area contributed by atoms with E-state index in [4.69, 9.17) is 0 Å². The van der Waals surface area contributed by atoms with E-state index in [1.54, 1.807) is 0 Å². The molecule has 96 valence electrons. The van der Waals surface area contributed by atoms with Gasteiger partial charge in [0.2, 0.25) is 0 Å². The van der Waals surface area contributed by atoms with Gasteiger partial charge in [-0.1, -0.05) is 12.1 Å². The van der Waals surface area contributed by atoms with Gasteiger partial charge in [0.1, 0.15) is 0 Å². The lowest BCUT2D eigenvalue weighted by Gasteiger charge is -2.27. The molecule has 0 radical (unpaired) electrons. The number of hydrogen-bond acceptors (Lipinski definition) is 3. The summed E-state index contributed by atoms with van der Waals surface area (Å²) in [5.41, 5.74) is 2.46. The van der Waals surface area contributed by atoms with Gasteiger partial charge in [-0.15, -0.1) is 12.4 Å². The number of benzene rings is 1. The van der Waals surface area contributed by atoms with Gasteiger partial charge in [0, 0.05) is 44.3 Å². The predicted octanol–water partition coefficient (Wildman–Crippen LogP) is 2.06. The fourth-order valence-electron chi connectivity index (χ4n) is 2.35. The lowest BCUT2D eigenvalue weighted by Crippen LogP contribution is -2.42. The highest BCUT2D eigenvalue weighted by molar-refractivity contribution is 5.85. The molecule has 3 nitrogen and oxygen atoms in total. The second-order valence-electron chi connectivity index (χ2n) is 4.56. The molecule has 1 aliphatic rings. The van der Waals surface area contributed by atoms with Crippen LogP contribution < -0.4 is 5.32 Å². The van der Waals surface area contributed by atoms with Gasteiger partial charge < -0.3 is 5.32 Å². The maximum Gasteiger partial charge on any atom is 0.0702 e. The summed E-state index contributed by atoms with van der Waals surface area (Å²) in [5, 5.41) is 4.61. The third-order valence-corrected chi connectivity index (χ3v) is 3.28. The monoisotopic (exact) mass is 263 g/mol. The Hall–Kier alpha value is -1.16. The topological polar surface area (TPSA) is 28.2 Å². The first-order valence-electron chi connectivity index (χ1n) is 6.18. The predicted molar refractivity (Wildman–Crippen MR) is 77.1 cm³/mol. The minimum Gasteiger partial charge on any atom is -0.314 e. The van der Waals surface area contributed by atoms with Gasteiger partial charge in [0.25, 0.3) is 0 Å². The number of rotatable bonds is 2. The van der Waals surface area contributed by atoms with Crippen LogP contribution in [-0.2, 0) is 6.54 Å². The standard InChI is InChI=1S/C14H17N3.ClH/c1-2-13-10-12(3-4-14(13)16-5-1)11-17-8-6-15-7-9-17;/h1-5,10,15H,6-9,11H2;1H. The minimum atomic E-state index is 0. The van der Waals surface area contributed by atoms with Crippen molar-refractivity contribution < 1.29 is 0 Å². The zero-order valence-corrected chi connectivity index (χ0v) is 11.1. The SMILES string of the molecule is Cl.c1cnc2ccc(CN3CCNCC3)cc2c1. The Morgan fingerprint density at radius 2 is 2.00 bits per heavy atom. The lowest BCUT2D eigenvalue weighted by molar-refractivity contribution is 0.233. The van der Waals surface area contributed by atoms with Crippen LogP contribution in [0.2, 0.25) is 0 Å². The second-order valence-corrected chi connectivity index (χ2v) is 4.56. The molecule has 2 aromatic rings. The highest BCUT2D eigenvalue weighted by atomic mass is 35.5. The summed E-state index contributed by atoms with van der Waals surface area (Å²) >= 11 is 0. The molecule has 1 N–H and O–H groups in total. The maximum absolute atomic E-state index is 4.35. The molecule has 1 aliphatic heterocycles. The Morgan fingerprint density at radius 1 is 1.17 bits per heavy atom. The van der Waals surface area contributed by atoms with Crippen molar-refractivity contribution in [2.24, 2.45) is 0 Å². The molecule has 0 saturated carbocycles. The molecular formula is C14H18ClN3. The van der Waals surface area contributed by atoms with E-state index in [0.717, 1.165) is 38.2 Å². The van der Waals surface area contributed by atoms with Crippen LogP contribution in [0.1, 0.15) is 5.56 Å². The van der Waals surface area contributed by atoms with Crippen LogP contribution in [0.25, 0.3) is 10.9 Å². The first-order valence-corrected chi connectivity index (χ1v) is 6.18. The molecule has 2 heterocycles. The van der Waals surface area contributed by atoms with E-state index in [-0.39, 0.29) is 12.4 Å². The summed E-state index contributed by atoms with van der Waals surface area (Å²) in [7, 11) is 0. The Balaban J connectivity index is 0.00000120. The largest absolute Gasteiger partial charge is 0.314 e. The van der Waals surface area contributed by atoms with Gasteiger partial charge in [-0.25, -0.2) is 0 Å². The number of pyridine rings is 1. The van der Waals surface area contributed by atoms with Crippen LogP contribution in [0.3, 0.4) is 0 Å². The third kappa shape index (κ3) is 2.99. The lowest BCUT2D eigenvalue weighted by atomic mass is 10.1. The van der Waals surface area contributed by atoms with Crippen molar-refractivity contribution in [1.29, 1.82) is 0 Å². The van der Waals surface area contributed by atoms with Gasteiger partial charge in [-0.2, -0.15) is 0 Å². The molecule has 1 aromatic heterocycles. The minimum absolute atomic E-state index is 0. The summed E-state index contributed by atoms with van der Waals surface area (Å²) in [6.07, 6.45) is 1.85. The van der Waals surface area contributed by atoms with Crippen LogP contribution in [0, 0.1) is 0 Å². The second kappa shape index (κ2) is 6.14. The Bertz CT molecular complexity index is 509. The molecule has 1 aromatic carbocycles. The Labute approximate surface area is 114 Å². The number of hydrogen-bond donors (Lipinski definition) is 1. The number of piperazine rings is 1. The van der Waals surface area contributed by atoms with Crippen molar-refractivity contribution in [3.8, 4) is 0 Å². The summed E-state index contributed by atoms with van der Waals surface area (Å²) in [6.45, 7) is 5.55. The van der Waals surface area contributed by atoms with E-state index in [2.05, 4.69) is 39.5 Å². The van der Waals surface area contributed by atoms with Crippen molar-refractivity contribution >= 4 is 23.3 Å². The molecule has 0 bridgehead atoms. The highest BCUT2D eigenvalue weighted by Gasteiger charge is 2.09. The van der Waals surface area contributed by atoms with E-state index in [9.17, 15) is 0 Å². The molecule has 0 spiro atoms. The molecule has 0 atom stereocenters. The smallest absolute Gasteiger partial charge is 0.0702 e. The maximum atomic E-state index is 4.35. The highest BCUT2D eigenvalue weighted by Crippen LogP contribution is 2.14. The normalized spacial score (nSPS) is 16.4. The van der Waals surface area contributed by atoms with Crippen LogP contribution in [0.15, 0.2) is 36.5 Å².